The second-order valence-corrected chi connectivity index (χ2v) is 3.73. The predicted molar refractivity (Wildman–Crippen MR) is 60.0 cm³/mol. The lowest BCUT2D eigenvalue weighted by Gasteiger charge is -2.05. The number of alkyl halides is 1. The first-order valence-electron chi connectivity index (χ1n) is 4.83. The number of aryl methyl sites for hydroxylation is 2. The zero-order valence-electron chi connectivity index (χ0n) is 8.64. The van der Waals surface area contributed by atoms with Crippen molar-refractivity contribution in [2.75, 3.05) is 5.88 Å². The molecule has 0 spiro atoms. The zero-order valence-corrected chi connectivity index (χ0v) is 9.40. The molecule has 0 aromatic heterocycles. The van der Waals surface area contributed by atoms with E-state index in [4.69, 9.17) is 11.6 Å². The van der Waals surface area contributed by atoms with E-state index in [1.165, 1.54) is 11.1 Å². The zero-order chi connectivity index (χ0) is 10.6. The molecule has 0 aliphatic rings. The first kappa shape index (κ1) is 11.3. The Morgan fingerprint density at radius 3 is 2.64 bits per heavy atom. The van der Waals surface area contributed by atoms with Crippen LogP contribution in [0.4, 0.5) is 0 Å². The summed E-state index contributed by atoms with van der Waals surface area (Å²) in [7, 11) is 0. The Morgan fingerprint density at radius 1 is 1.43 bits per heavy atom. The molecular formula is C12H15ClO. The van der Waals surface area contributed by atoms with Crippen LogP contribution in [0, 0.1) is 6.92 Å². The van der Waals surface area contributed by atoms with E-state index in [0.717, 1.165) is 12.0 Å². The summed E-state index contributed by atoms with van der Waals surface area (Å²) in [6, 6.07) is 6.24. The largest absolute Gasteiger partial charge is 0.298 e. The van der Waals surface area contributed by atoms with Gasteiger partial charge in [-0.1, -0.05) is 25.1 Å². The van der Waals surface area contributed by atoms with E-state index in [0.29, 0.717) is 6.42 Å². The molecule has 0 saturated carbocycles. The molecule has 1 aromatic carbocycles. The highest BCUT2D eigenvalue weighted by molar-refractivity contribution is 6.27. The Hall–Kier alpha value is -0.820. The molecule has 14 heavy (non-hydrogen) atoms. The number of Topliss-reactive ketones (excluding diaryl/α,β-unsaturated/α-hetero) is 1. The Bertz CT molecular complexity index is 331. The van der Waals surface area contributed by atoms with Crippen LogP contribution in [0.1, 0.15) is 23.6 Å². The molecule has 0 radical (unpaired) electrons. The van der Waals surface area contributed by atoms with Crippen LogP contribution in [0.5, 0.6) is 0 Å². The Morgan fingerprint density at radius 2 is 2.14 bits per heavy atom. The van der Waals surface area contributed by atoms with Crippen LogP contribution in [0.3, 0.4) is 0 Å². The van der Waals surface area contributed by atoms with E-state index < -0.39 is 0 Å². The number of rotatable bonds is 4. The Labute approximate surface area is 90.1 Å². The van der Waals surface area contributed by atoms with Gasteiger partial charge in [0, 0.05) is 6.42 Å². The van der Waals surface area contributed by atoms with Gasteiger partial charge in [-0.05, 0) is 30.0 Å². The molecule has 0 fully saturated rings. The van der Waals surface area contributed by atoms with Gasteiger partial charge in [-0.3, -0.25) is 4.79 Å². The van der Waals surface area contributed by atoms with Crippen LogP contribution in [0.2, 0.25) is 0 Å². The van der Waals surface area contributed by atoms with E-state index in [9.17, 15) is 4.79 Å². The lowest BCUT2D eigenvalue weighted by molar-refractivity contribution is -0.116. The van der Waals surface area contributed by atoms with E-state index in [2.05, 4.69) is 19.1 Å². The minimum absolute atomic E-state index is 0.0824. The van der Waals surface area contributed by atoms with Gasteiger partial charge in [-0.15, -0.1) is 11.6 Å². The molecule has 2 heteroatoms. The normalized spacial score (nSPS) is 10.2. The summed E-state index contributed by atoms with van der Waals surface area (Å²) < 4.78 is 0. The van der Waals surface area contributed by atoms with Crippen molar-refractivity contribution in [3.05, 3.63) is 34.9 Å². The minimum atomic E-state index is 0.0824. The van der Waals surface area contributed by atoms with Crippen molar-refractivity contribution >= 4 is 17.4 Å². The number of benzene rings is 1. The quantitative estimate of drug-likeness (QED) is 0.699. The molecule has 76 valence electrons. The number of hydrogen-bond donors (Lipinski definition) is 0. The highest BCUT2D eigenvalue weighted by atomic mass is 35.5. The fraction of sp³-hybridized carbons (Fsp3) is 0.417. The Balaban J connectivity index is 2.83. The van der Waals surface area contributed by atoms with Crippen LogP contribution in [-0.4, -0.2) is 11.7 Å². The second kappa shape index (κ2) is 5.16. The first-order chi connectivity index (χ1) is 6.67. The van der Waals surface area contributed by atoms with Crippen LogP contribution in [-0.2, 0) is 17.6 Å². The van der Waals surface area contributed by atoms with Gasteiger partial charge in [-0.2, -0.15) is 0 Å². The van der Waals surface area contributed by atoms with Crippen molar-refractivity contribution in [1.29, 1.82) is 0 Å². The third kappa shape index (κ3) is 2.85. The average Bonchev–Trinajstić information content (AvgIpc) is 2.20. The molecule has 0 heterocycles. The Kier molecular flexibility index (Phi) is 4.15. The highest BCUT2D eigenvalue weighted by Crippen LogP contribution is 2.12. The maximum Gasteiger partial charge on any atom is 0.151 e. The van der Waals surface area contributed by atoms with Crippen LogP contribution in [0.25, 0.3) is 0 Å². The van der Waals surface area contributed by atoms with Crippen molar-refractivity contribution in [2.24, 2.45) is 0 Å². The highest BCUT2D eigenvalue weighted by Gasteiger charge is 2.04. The third-order valence-corrected chi connectivity index (χ3v) is 2.65. The number of carbonyl (C=O) groups is 1. The molecule has 0 aliphatic heterocycles. The number of carbonyl (C=O) groups excluding carboxylic acids is 1. The molecule has 0 atom stereocenters. The molecular weight excluding hydrogens is 196 g/mol. The van der Waals surface area contributed by atoms with Gasteiger partial charge in [0.05, 0.1) is 5.88 Å². The number of ketones is 1. The lowest BCUT2D eigenvalue weighted by Crippen LogP contribution is -2.05. The molecule has 1 nitrogen and oxygen atoms in total. The summed E-state index contributed by atoms with van der Waals surface area (Å²) in [4.78, 5) is 11.2. The summed E-state index contributed by atoms with van der Waals surface area (Å²) >= 11 is 5.46. The molecule has 1 rings (SSSR count). The third-order valence-electron chi connectivity index (χ3n) is 2.35. The molecule has 0 aliphatic carbocycles. The molecule has 0 amide bonds. The van der Waals surface area contributed by atoms with Crippen molar-refractivity contribution in [1.82, 2.24) is 0 Å². The standard InChI is InChI=1S/C12H15ClO/c1-3-10-4-5-11(9(2)6-10)7-12(14)8-13/h4-6H,3,7-8H2,1-2H3. The summed E-state index contributed by atoms with van der Waals surface area (Å²) in [5, 5.41) is 0. The van der Waals surface area contributed by atoms with Gasteiger partial charge >= 0.3 is 0 Å². The molecule has 0 saturated heterocycles. The first-order valence-corrected chi connectivity index (χ1v) is 5.37. The molecule has 1 aromatic rings. The van der Waals surface area contributed by atoms with Gasteiger partial charge in [0.25, 0.3) is 0 Å². The van der Waals surface area contributed by atoms with Crippen LogP contribution >= 0.6 is 11.6 Å². The topological polar surface area (TPSA) is 17.1 Å². The smallest absolute Gasteiger partial charge is 0.151 e. The molecule has 0 N–H and O–H groups in total. The van der Waals surface area contributed by atoms with Crippen molar-refractivity contribution < 1.29 is 4.79 Å². The summed E-state index contributed by atoms with van der Waals surface area (Å²) in [5.41, 5.74) is 3.58. The van der Waals surface area contributed by atoms with Crippen molar-refractivity contribution in [3.8, 4) is 0 Å². The minimum Gasteiger partial charge on any atom is -0.298 e. The average molecular weight is 211 g/mol. The van der Waals surface area contributed by atoms with E-state index >= 15 is 0 Å². The number of halogens is 1. The summed E-state index contributed by atoms with van der Waals surface area (Å²) in [6.45, 7) is 4.16. The monoisotopic (exact) mass is 210 g/mol. The van der Waals surface area contributed by atoms with Gasteiger partial charge in [-0.25, -0.2) is 0 Å². The fourth-order valence-electron chi connectivity index (χ4n) is 1.44. The molecule has 0 bridgehead atoms. The summed E-state index contributed by atoms with van der Waals surface area (Å²) in [5.74, 6) is 0.189. The van der Waals surface area contributed by atoms with Gasteiger partial charge in [0.1, 0.15) is 0 Å². The predicted octanol–water partition coefficient (Wildman–Crippen LogP) is 2.91. The second-order valence-electron chi connectivity index (χ2n) is 3.46. The van der Waals surface area contributed by atoms with Gasteiger partial charge in [0.15, 0.2) is 5.78 Å². The van der Waals surface area contributed by atoms with Crippen LogP contribution in [0.15, 0.2) is 18.2 Å². The maximum atomic E-state index is 11.2. The number of hydrogen-bond acceptors (Lipinski definition) is 1. The van der Waals surface area contributed by atoms with E-state index in [-0.39, 0.29) is 11.7 Å². The van der Waals surface area contributed by atoms with Gasteiger partial charge in [0.2, 0.25) is 0 Å². The maximum absolute atomic E-state index is 11.2. The van der Waals surface area contributed by atoms with Gasteiger partial charge < -0.3 is 0 Å². The SMILES string of the molecule is CCc1ccc(CC(=O)CCl)c(C)c1. The van der Waals surface area contributed by atoms with E-state index in [1.54, 1.807) is 0 Å². The van der Waals surface area contributed by atoms with Crippen molar-refractivity contribution in [3.63, 3.8) is 0 Å². The van der Waals surface area contributed by atoms with Crippen LogP contribution < -0.4 is 0 Å². The molecule has 0 unspecified atom stereocenters. The van der Waals surface area contributed by atoms with Crippen molar-refractivity contribution in [2.45, 2.75) is 26.7 Å². The lowest BCUT2D eigenvalue weighted by atomic mass is 10.0. The fourth-order valence-corrected chi connectivity index (χ4v) is 1.53. The summed E-state index contributed by atoms with van der Waals surface area (Å²) in [6.07, 6.45) is 1.49. The van der Waals surface area contributed by atoms with E-state index in [1.807, 2.05) is 13.0 Å².